The fourth-order valence-electron chi connectivity index (χ4n) is 4.74. The number of aryl methyl sites for hydroxylation is 1. The lowest BCUT2D eigenvalue weighted by Gasteiger charge is -2.52. The molecule has 126 valence electrons. The van der Waals surface area contributed by atoms with Crippen LogP contribution in [0.15, 0.2) is 48.8 Å². The Morgan fingerprint density at radius 3 is 2.50 bits per heavy atom. The van der Waals surface area contributed by atoms with Crippen LogP contribution in [0.2, 0.25) is 0 Å². The molecule has 0 radical (unpaired) electrons. The van der Waals surface area contributed by atoms with E-state index in [9.17, 15) is 5.11 Å². The maximum Gasteiger partial charge on any atom is 0.0943 e. The Kier molecular flexibility index (Phi) is 4.15. The number of fused-ring (bicyclic) bond motifs is 2. The summed E-state index contributed by atoms with van der Waals surface area (Å²) in [5, 5.41) is 11.4. The number of nitrogens with zero attached hydrogens (tertiary/aromatic N) is 2. The minimum Gasteiger partial charge on any atom is -0.385 e. The molecule has 0 saturated carbocycles. The highest BCUT2D eigenvalue weighted by Gasteiger charge is 2.46. The van der Waals surface area contributed by atoms with E-state index in [-0.39, 0.29) is 0 Å². The van der Waals surface area contributed by atoms with Gasteiger partial charge >= 0.3 is 0 Å². The molecular weight excluding hydrogens is 296 g/mol. The summed E-state index contributed by atoms with van der Waals surface area (Å²) < 4.78 is 0. The average molecular weight is 322 g/mol. The fourth-order valence-corrected chi connectivity index (χ4v) is 4.74. The second-order valence-electron chi connectivity index (χ2n) is 7.53. The monoisotopic (exact) mass is 322 g/mol. The van der Waals surface area contributed by atoms with Crippen LogP contribution in [-0.2, 0) is 12.1 Å². The normalized spacial score (nSPS) is 30.2. The van der Waals surface area contributed by atoms with Crippen molar-refractivity contribution >= 4 is 0 Å². The molecule has 1 N–H and O–H groups in total. The summed E-state index contributed by atoms with van der Waals surface area (Å²) in [4.78, 5) is 6.91. The molecule has 1 aromatic heterocycles. The summed E-state index contributed by atoms with van der Waals surface area (Å²) in [6.07, 6.45) is 8.98. The molecule has 0 amide bonds. The summed E-state index contributed by atoms with van der Waals surface area (Å²) in [5.74, 6) is 0. The molecule has 24 heavy (non-hydrogen) atoms. The van der Waals surface area contributed by atoms with Gasteiger partial charge in [0.15, 0.2) is 0 Å². The number of hydrogen-bond donors (Lipinski definition) is 1. The van der Waals surface area contributed by atoms with Gasteiger partial charge in [0.05, 0.1) is 5.60 Å². The van der Waals surface area contributed by atoms with Crippen molar-refractivity contribution in [2.24, 2.45) is 0 Å². The molecule has 3 heterocycles. The van der Waals surface area contributed by atoms with Crippen molar-refractivity contribution in [3.05, 3.63) is 65.5 Å². The standard InChI is InChI=1S/C21H26N2O/c1-16-10-11-22-14-20(16)21(24)12-18-8-5-9-19(13-21)23(18)15-17-6-3-2-4-7-17/h2-4,6-7,10-11,14,18-19,24H,5,8-9,12-13,15H2,1H3. The first-order chi connectivity index (χ1) is 11.7. The van der Waals surface area contributed by atoms with Crippen LogP contribution in [0, 0.1) is 6.92 Å². The molecule has 2 aliphatic heterocycles. The number of piperidine rings is 2. The first kappa shape index (κ1) is 15.8. The van der Waals surface area contributed by atoms with E-state index in [1.165, 1.54) is 24.8 Å². The Hall–Kier alpha value is -1.71. The average Bonchev–Trinajstić information content (AvgIpc) is 2.57. The number of hydrogen-bond acceptors (Lipinski definition) is 3. The van der Waals surface area contributed by atoms with Gasteiger partial charge in [0.1, 0.15) is 0 Å². The van der Waals surface area contributed by atoms with Crippen molar-refractivity contribution in [3.8, 4) is 0 Å². The quantitative estimate of drug-likeness (QED) is 0.934. The SMILES string of the molecule is Cc1ccncc1C1(O)CC2CCCC(C1)N2Cc1ccccc1. The molecule has 2 unspecified atom stereocenters. The Bertz CT molecular complexity index is 686. The molecule has 2 atom stereocenters. The third-order valence-corrected chi connectivity index (χ3v) is 5.91. The van der Waals surface area contributed by atoms with Crippen molar-refractivity contribution < 1.29 is 5.11 Å². The molecule has 3 heteroatoms. The molecule has 2 aliphatic rings. The minimum absolute atomic E-state index is 0.460. The highest BCUT2D eigenvalue weighted by molar-refractivity contribution is 5.30. The van der Waals surface area contributed by atoms with E-state index >= 15 is 0 Å². The molecule has 3 nitrogen and oxygen atoms in total. The van der Waals surface area contributed by atoms with Crippen molar-refractivity contribution in [1.29, 1.82) is 0 Å². The number of aliphatic hydroxyl groups is 1. The number of rotatable bonds is 3. The van der Waals surface area contributed by atoms with E-state index in [1.54, 1.807) is 0 Å². The molecule has 2 aromatic rings. The third kappa shape index (κ3) is 2.87. The van der Waals surface area contributed by atoms with E-state index in [4.69, 9.17) is 0 Å². The first-order valence-corrected chi connectivity index (χ1v) is 9.09. The molecule has 2 fully saturated rings. The van der Waals surface area contributed by atoms with Crippen LogP contribution in [-0.4, -0.2) is 27.1 Å². The van der Waals surface area contributed by atoms with Crippen LogP contribution in [0.25, 0.3) is 0 Å². The van der Waals surface area contributed by atoms with Crippen LogP contribution < -0.4 is 0 Å². The van der Waals surface area contributed by atoms with Gasteiger partial charge < -0.3 is 5.11 Å². The summed E-state index contributed by atoms with van der Waals surface area (Å²) in [6.45, 7) is 3.08. The third-order valence-electron chi connectivity index (χ3n) is 5.91. The lowest BCUT2D eigenvalue weighted by Crippen LogP contribution is -2.56. The fraction of sp³-hybridized carbons (Fsp3) is 0.476. The van der Waals surface area contributed by atoms with E-state index in [1.807, 2.05) is 18.5 Å². The van der Waals surface area contributed by atoms with Gasteiger partial charge in [0.2, 0.25) is 0 Å². The van der Waals surface area contributed by atoms with Gasteiger partial charge in [0, 0.05) is 36.6 Å². The topological polar surface area (TPSA) is 36.4 Å². The second-order valence-corrected chi connectivity index (χ2v) is 7.53. The van der Waals surface area contributed by atoms with Crippen molar-refractivity contribution in [1.82, 2.24) is 9.88 Å². The van der Waals surface area contributed by atoms with Gasteiger partial charge in [-0.3, -0.25) is 9.88 Å². The van der Waals surface area contributed by atoms with Gasteiger partial charge in [-0.05, 0) is 49.8 Å². The molecule has 0 aliphatic carbocycles. The zero-order valence-corrected chi connectivity index (χ0v) is 14.4. The first-order valence-electron chi connectivity index (χ1n) is 9.09. The van der Waals surface area contributed by atoms with Crippen LogP contribution >= 0.6 is 0 Å². The Morgan fingerprint density at radius 2 is 1.83 bits per heavy atom. The van der Waals surface area contributed by atoms with E-state index in [2.05, 4.69) is 47.1 Å². The Morgan fingerprint density at radius 1 is 1.12 bits per heavy atom. The maximum absolute atomic E-state index is 11.4. The van der Waals surface area contributed by atoms with Gasteiger partial charge in [-0.1, -0.05) is 36.8 Å². The van der Waals surface area contributed by atoms with Gasteiger partial charge in [-0.2, -0.15) is 0 Å². The summed E-state index contributed by atoms with van der Waals surface area (Å²) in [5.41, 5.74) is 2.84. The zero-order chi connectivity index (χ0) is 16.6. The highest BCUT2D eigenvalue weighted by atomic mass is 16.3. The molecule has 2 bridgehead atoms. The zero-order valence-electron chi connectivity index (χ0n) is 14.4. The van der Waals surface area contributed by atoms with Crippen LogP contribution in [0.5, 0.6) is 0 Å². The smallest absolute Gasteiger partial charge is 0.0943 e. The summed E-state index contributed by atoms with van der Waals surface area (Å²) in [6, 6.07) is 13.7. The van der Waals surface area contributed by atoms with E-state index in [0.29, 0.717) is 12.1 Å². The number of benzene rings is 1. The van der Waals surface area contributed by atoms with Crippen LogP contribution in [0.3, 0.4) is 0 Å². The Labute approximate surface area is 144 Å². The second kappa shape index (κ2) is 6.30. The van der Waals surface area contributed by atoms with Crippen molar-refractivity contribution in [3.63, 3.8) is 0 Å². The lowest BCUT2D eigenvalue weighted by molar-refractivity contribution is -0.100. The van der Waals surface area contributed by atoms with E-state index in [0.717, 1.165) is 30.5 Å². The minimum atomic E-state index is -0.721. The summed E-state index contributed by atoms with van der Waals surface area (Å²) >= 11 is 0. The van der Waals surface area contributed by atoms with Gasteiger partial charge in [-0.15, -0.1) is 0 Å². The molecule has 1 aromatic carbocycles. The lowest BCUT2D eigenvalue weighted by atomic mass is 9.72. The largest absolute Gasteiger partial charge is 0.385 e. The van der Waals surface area contributed by atoms with Gasteiger partial charge in [-0.25, -0.2) is 0 Å². The van der Waals surface area contributed by atoms with Gasteiger partial charge in [0.25, 0.3) is 0 Å². The van der Waals surface area contributed by atoms with Crippen molar-refractivity contribution in [2.75, 3.05) is 0 Å². The van der Waals surface area contributed by atoms with E-state index < -0.39 is 5.60 Å². The Balaban J connectivity index is 1.60. The van der Waals surface area contributed by atoms with Crippen LogP contribution in [0.1, 0.15) is 48.8 Å². The molecular formula is C21H26N2O. The predicted molar refractivity (Wildman–Crippen MR) is 95.5 cm³/mol. The number of aromatic nitrogens is 1. The summed E-state index contributed by atoms with van der Waals surface area (Å²) in [7, 11) is 0. The highest BCUT2D eigenvalue weighted by Crippen LogP contribution is 2.45. The number of pyridine rings is 1. The maximum atomic E-state index is 11.4. The molecule has 2 saturated heterocycles. The van der Waals surface area contributed by atoms with Crippen LogP contribution in [0.4, 0.5) is 0 Å². The predicted octanol–water partition coefficient (Wildman–Crippen LogP) is 3.79. The van der Waals surface area contributed by atoms with Crippen molar-refractivity contribution in [2.45, 2.75) is 63.3 Å². The molecule has 0 spiro atoms. The molecule has 4 rings (SSSR count).